The minimum absolute atomic E-state index is 0.0923. The SMILES string of the molecule is NC1CCN(c2ncnc3[nH]cc(C(=O)c4ccc(Oc5ccccc5)cc4Cl)c23)C1. The summed E-state index contributed by atoms with van der Waals surface area (Å²) in [6, 6.07) is 14.5. The van der Waals surface area contributed by atoms with Crippen LogP contribution in [-0.4, -0.2) is 39.9 Å². The molecule has 31 heavy (non-hydrogen) atoms. The number of H-pyrrole nitrogens is 1. The highest BCUT2D eigenvalue weighted by atomic mass is 35.5. The van der Waals surface area contributed by atoms with Crippen molar-refractivity contribution in [2.75, 3.05) is 18.0 Å². The Morgan fingerprint density at radius 2 is 1.97 bits per heavy atom. The smallest absolute Gasteiger partial charge is 0.196 e. The normalized spacial score (nSPS) is 16.1. The van der Waals surface area contributed by atoms with Crippen molar-refractivity contribution in [3.8, 4) is 11.5 Å². The van der Waals surface area contributed by atoms with E-state index in [0.717, 1.165) is 13.0 Å². The highest BCUT2D eigenvalue weighted by molar-refractivity contribution is 6.35. The Morgan fingerprint density at radius 1 is 1.13 bits per heavy atom. The molecular weight excluding hydrogens is 414 g/mol. The van der Waals surface area contributed by atoms with Crippen LogP contribution in [0.2, 0.25) is 5.02 Å². The van der Waals surface area contributed by atoms with Gasteiger partial charge in [0, 0.05) is 37.0 Å². The van der Waals surface area contributed by atoms with E-state index >= 15 is 0 Å². The molecule has 156 valence electrons. The van der Waals surface area contributed by atoms with Gasteiger partial charge in [0.05, 0.1) is 16.0 Å². The van der Waals surface area contributed by atoms with Crippen molar-refractivity contribution in [1.82, 2.24) is 15.0 Å². The Hall–Kier alpha value is -3.42. The lowest BCUT2D eigenvalue weighted by Crippen LogP contribution is -2.27. The summed E-state index contributed by atoms with van der Waals surface area (Å²) < 4.78 is 5.81. The fourth-order valence-corrected chi connectivity index (χ4v) is 4.11. The van der Waals surface area contributed by atoms with Gasteiger partial charge in [-0.25, -0.2) is 9.97 Å². The highest BCUT2D eigenvalue weighted by Crippen LogP contribution is 2.33. The predicted octanol–water partition coefficient (Wildman–Crippen LogP) is 4.17. The fourth-order valence-electron chi connectivity index (χ4n) is 3.86. The van der Waals surface area contributed by atoms with Gasteiger partial charge in [-0.05, 0) is 30.7 Å². The molecule has 2 aromatic carbocycles. The Labute approximate surface area is 183 Å². The minimum Gasteiger partial charge on any atom is -0.457 e. The maximum atomic E-state index is 13.4. The molecule has 1 fully saturated rings. The zero-order valence-corrected chi connectivity index (χ0v) is 17.3. The van der Waals surface area contributed by atoms with Gasteiger partial charge in [0.15, 0.2) is 5.78 Å². The molecule has 0 saturated carbocycles. The molecule has 1 aliphatic rings. The quantitative estimate of drug-likeness (QED) is 0.458. The van der Waals surface area contributed by atoms with Gasteiger partial charge in [-0.15, -0.1) is 0 Å². The minimum atomic E-state index is -0.206. The number of benzene rings is 2. The fraction of sp³-hybridized carbons (Fsp3) is 0.174. The Kier molecular flexibility index (Phi) is 5.05. The second kappa shape index (κ2) is 8.02. The molecule has 0 aliphatic carbocycles. The molecule has 8 heteroatoms. The first-order valence-electron chi connectivity index (χ1n) is 10.00. The van der Waals surface area contributed by atoms with Gasteiger partial charge >= 0.3 is 0 Å². The molecule has 0 bridgehead atoms. The first kappa shape index (κ1) is 19.5. The molecule has 1 atom stereocenters. The average molecular weight is 434 g/mol. The van der Waals surface area contributed by atoms with E-state index in [4.69, 9.17) is 22.1 Å². The number of ketones is 1. The third-order valence-electron chi connectivity index (χ3n) is 5.38. The van der Waals surface area contributed by atoms with E-state index < -0.39 is 0 Å². The summed E-state index contributed by atoms with van der Waals surface area (Å²) in [5.41, 5.74) is 7.54. The molecule has 0 radical (unpaired) electrons. The lowest BCUT2D eigenvalue weighted by Gasteiger charge is -2.18. The second-order valence-electron chi connectivity index (χ2n) is 7.50. The second-order valence-corrected chi connectivity index (χ2v) is 7.91. The molecular formula is C23H20ClN5O2. The van der Waals surface area contributed by atoms with Crippen LogP contribution in [-0.2, 0) is 0 Å². The van der Waals surface area contributed by atoms with Crippen LogP contribution in [0.15, 0.2) is 61.1 Å². The molecule has 0 amide bonds. The Balaban J connectivity index is 1.49. The van der Waals surface area contributed by atoms with Gasteiger partial charge in [-0.3, -0.25) is 4.79 Å². The number of carbonyl (C=O) groups excluding carboxylic acids is 1. The van der Waals surface area contributed by atoms with E-state index in [1.807, 2.05) is 30.3 Å². The van der Waals surface area contributed by atoms with Crippen LogP contribution in [0.5, 0.6) is 11.5 Å². The molecule has 2 aromatic heterocycles. The number of aromatic amines is 1. The molecule has 7 nitrogen and oxygen atoms in total. The number of halogens is 1. The van der Waals surface area contributed by atoms with Crippen LogP contribution >= 0.6 is 11.6 Å². The van der Waals surface area contributed by atoms with E-state index in [2.05, 4.69) is 19.9 Å². The summed E-state index contributed by atoms with van der Waals surface area (Å²) in [4.78, 5) is 27.3. The third-order valence-corrected chi connectivity index (χ3v) is 5.70. The number of fused-ring (bicyclic) bond motifs is 1. The van der Waals surface area contributed by atoms with E-state index in [9.17, 15) is 4.79 Å². The molecule has 1 aliphatic heterocycles. The average Bonchev–Trinajstić information content (AvgIpc) is 3.40. The first-order chi connectivity index (χ1) is 15.1. The van der Waals surface area contributed by atoms with Gasteiger partial charge in [-0.1, -0.05) is 29.8 Å². The maximum absolute atomic E-state index is 13.4. The van der Waals surface area contributed by atoms with E-state index in [0.29, 0.717) is 51.0 Å². The van der Waals surface area contributed by atoms with Crippen molar-refractivity contribution in [2.24, 2.45) is 5.73 Å². The van der Waals surface area contributed by atoms with Gasteiger partial charge in [0.1, 0.15) is 29.3 Å². The number of hydrogen-bond acceptors (Lipinski definition) is 6. The summed E-state index contributed by atoms with van der Waals surface area (Å²) in [7, 11) is 0. The molecule has 1 saturated heterocycles. The number of nitrogens with zero attached hydrogens (tertiary/aromatic N) is 3. The number of anilines is 1. The summed E-state index contributed by atoms with van der Waals surface area (Å²) in [6.07, 6.45) is 4.04. The van der Waals surface area contributed by atoms with Gasteiger partial charge < -0.3 is 20.4 Å². The monoisotopic (exact) mass is 433 g/mol. The van der Waals surface area contributed by atoms with Crippen molar-refractivity contribution in [3.05, 3.63) is 77.2 Å². The van der Waals surface area contributed by atoms with Crippen molar-refractivity contribution in [1.29, 1.82) is 0 Å². The lowest BCUT2D eigenvalue weighted by atomic mass is 10.0. The molecule has 5 rings (SSSR count). The van der Waals surface area contributed by atoms with Crippen molar-refractivity contribution >= 4 is 34.2 Å². The van der Waals surface area contributed by atoms with Gasteiger partial charge in [0.25, 0.3) is 0 Å². The Morgan fingerprint density at radius 3 is 2.71 bits per heavy atom. The van der Waals surface area contributed by atoms with Crippen LogP contribution in [0.1, 0.15) is 22.3 Å². The Bertz CT molecular complexity index is 1260. The van der Waals surface area contributed by atoms with Crippen LogP contribution in [0.25, 0.3) is 11.0 Å². The van der Waals surface area contributed by atoms with E-state index in [-0.39, 0.29) is 11.8 Å². The number of hydrogen-bond donors (Lipinski definition) is 2. The topological polar surface area (TPSA) is 97.1 Å². The maximum Gasteiger partial charge on any atom is 0.196 e. The summed E-state index contributed by atoms with van der Waals surface area (Å²) >= 11 is 6.48. The zero-order chi connectivity index (χ0) is 21.4. The van der Waals surface area contributed by atoms with Crippen LogP contribution in [0, 0.1) is 0 Å². The first-order valence-corrected chi connectivity index (χ1v) is 10.4. The summed E-state index contributed by atoms with van der Waals surface area (Å²) in [5, 5.41) is 0.997. The molecule has 4 aromatic rings. The number of nitrogens with two attached hydrogens (primary N) is 1. The molecule has 3 heterocycles. The van der Waals surface area contributed by atoms with Gasteiger partial charge in [-0.2, -0.15) is 0 Å². The standard InChI is InChI=1S/C23H20ClN5O2/c24-19-10-16(31-15-4-2-1-3-5-15)6-7-17(19)21(30)18-11-26-22-20(18)23(28-13-27-22)29-9-8-14(25)12-29/h1-7,10-11,13-14H,8-9,12,25H2,(H,26,27,28). The summed E-state index contributed by atoms with van der Waals surface area (Å²) in [5.74, 6) is 1.76. The van der Waals surface area contributed by atoms with Crippen LogP contribution < -0.4 is 15.4 Å². The zero-order valence-electron chi connectivity index (χ0n) is 16.6. The number of nitrogens with one attached hydrogen (secondary N) is 1. The number of aromatic nitrogens is 3. The third kappa shape index (κ3) is 3.73. The summed E-state index contributed by atoms with van der Waals surface area (Å²) in [6.45, 7) is 1.48. The predicted molar refractivity (Wildman–Crippen MR) is 120 cm³/mol. The molecule has 0 spiro atoms. The number of ether oxygens (including phenoxy) is 1. The van der Waals surface area contributed by atoms with Crippen molar-refractivity contribution in [3.63, 3.8) is 0 Å². The van der Waals surface area contributed by atoms with Crippen molar-refractivity contribution < 1.29 is 9.53 Å². The number of rotatable bonds is 5. The lowest BCUT2D eigenvalue weighted by molar-refractivity contribution is 0.104. The van der Waals surface area contributed by atoms with Crippen LogP contribution in [0.4, 0.5) is 5.82 Å². The van der Waals surface area contributed by atoms with Gasteiger partial charge in [0.2, 0.25) is 0 Å². The number of para-hydroxylation sites is 1. The molecule has 1 unspecified atom stereocenters. The van der Waals surface area contributed by atoms with E-state index in [1.54, 1.807) is 24.4 Å². The largest absolute Gasteiger partial charge is 0.457 e. The number of carbonyl (C=O) groups is 1. The molecule has 3 N–H and O–H groups in total. The highest BCUT2D eigenvalue weighted by Gasteiger charge is 2.26. The van der Waals surface area contributed by atoms with E-state index in [1.165, 1.54) is 6.33 Å². The van der Waals surface area contributed by atoms with Crippen LogP contribution in [0.3, 0.4) is 0 Å². The van der Waals surface area contributed by atoms with Crippen molar-refractivity contribution in [2.45, 2.75) is 12.5 Å².